The summed E-state index contributed by atoms with van der Waals surface area (Å²) < 4.78 is 5.35. The van der Waals surface area contributed by atoms with Gasteiger partial charge in [-0.3, -0.25) is 10.00 Å². The zero-order valence-corrected chi connectivity index (χ0v) is 15.4. The Morgan fingerprint density at radius 2 is 1.88 bits per heavy atom. The molecule has 0 aliphatic rings. The van der Waals surface area contributed by atoms with Crippen LogP contribution in [0.2, 0.25) is 0 Å². The van der Waals surface area contributed by atoms with Gasteiger partial charge in [0, 0.05) is 5.56 Å². The second-order valence-electron chi connectivity index (χ2n) is 6.50. The third-order valence-electron chi connectivity index (χ3n) is 4.31. The minimum atomic E-state index is -0.0501. The first-order valence-corrected chi connectivity index (χ1v) is 8.30. The van der Waals surface area contributed by atoms with Gasteiger partial charge in [0.05, 0.1) is 13.2 Å². The van der Waals surface area contributed by atoms with E-state index in [0.717, 1.165) is 28.5 Å². The van der Waals surface area contributed by atoms with Crippen LogP contribution in [0.3, 0.4) is 0 Å². The van der Waals surface area contributed by atoms with Crippen molar-refractivity contribution in [2.45, 2.75) is 19.9 Å². The molecule has 0 bridgehead atoms. The lowest BCUT2D eigenvalue weighted by Gasteiger charge is -2.22. The lowest BCUT2D eigenvalue weighted by molar-refractivity contribution is 0.329. The summed E-state index contributed by atoms with van der Waals surface area (Å²) in [7, 11) is 5.73. The van der Waals surface area contributed by atoms with Gasteiger partial charge in [-0.15, -0.1) is 0 Å². The number of aromatic amines is 1. The van der Waals surface area contributed by atoms with Gasteiger partial charge in [0.15, 0.2) is 11.6 Å². The maximum absolute atomic E-state index is 5.35. The number of methoxy groups -OCH3 is 1. The maximum Gasteiger partial charge on any atom is 0.172 e. The fourth-order valence-corrected chi connectivity index (χ4v) is 3.09. The van der Waals surface area contributed by atoms with Gasteiger partial charge in [0.1, 0.15) is 5.75 Å². The van der Waals surface area contributed by atoms with Crippen molar-refractivity contribution in [1.82, 2.24) is 20.1 Å². The lowest BCUT2D eigenvalue weighted by atomic mass is 10.0. The average molecular weight is 336 g/mol. The van der Waals surface area contributed by atoms with Gasteiger partial charge in [-0.2, -0.15) is 5.10 Å². The molecule has 25 heavy (non-hydrogen) atoms. The molecule has 0 fully saturated rings. The minimum Gasteiger partial charge on any atom is -0.497 e. The smallest absolute Gasteiger partial charge is 0.172 e. The van der Waals surface area contributed by atoms with Crippen LogP contribution in [-0.2, 0) is 0 Å². The molecule has 0 saturated heterocycles. The van der Waals surface area contributed by atoms with Crippen LogP contribution >= 0.6 is 0 Å². The number of aromatic nitrogens is 3. The highest BCUT2D eigenvalue weighted by molar-refractivity contribution is 5.60. The molecule has 0 spiro atoms. The SMILES string of the molecule is COc1cccc(C(c2n[nH]c(-c3ccc(C)cc3C)n2)N(C)C)c1. The molecule has 0 aliphatic heterocycles. The second-order valence-corrected chi connectivity index (χ2v) is 6.50. The van der Waals surface area contributed by atoms with E-state index in [2.05, 4.69) is 53.2 Å². The molecule has 1 N–H and O–H groups in total. The fourth-order valence-electron chi connectivity index (χ4n) is 3.09. The van der Waals surface area contributed by atoms with Gasteiger partial charge >= 0.3 is 0 Å². The average Bonchev–Trinajstić information content (AvgIpc) is 3.04. The van der Waals surface area contributed by atoms with Crippen LogP contribution in [0, 0.1) is 13.8 Å². The summed E-state index contributed by atoms with van der Waals surface area (Å²) in [4.78, 5) is 6.88. The van der Waals surface area contributed by atoms with Crippen LogP contribution in [0.4, 0.5) is 0 Å². The summed E-state index contributed by atoms with van der Waals surface area (Å²) in [6, 6.07) is 14.3. The first kappa shape index (κ1) is 17.2. The number of hydrogen-bond donors (Lipinski definition) is 1. The highest BCUT2D eigenvalue weighted by Gasteiger charge is 2.22. The molecule has 0 saturated carbocycles. The van der Waals surface area contributed by atoms with Crippen LogP contribution in [-0.4, -0.2) is 41.3 Å². The van der Waals surface area contributed by atoms with E-state index in [9.17, 15) is 0 Å². The fraction of sp³-hybridized carbons (Fsp3) is 0.300. The van der Waals surface area contributed by atoms with E-state index in [4.69, 9.17) is 9.72 Å². The molecule has 0 aliphatic carbocycles. The summed E-state index contributed by atoms with van der Waals surface area (Å²) in [5, 5.41) is 7.59. The van der Waals surface area contributed by atoms with Crippen LogP contribution in [0.5, 0.6) is 5.75 Å². The minimum absolute atomic E-state index is 0.0501. The topological polar surface area (TPSA) is 54.0 Å². The molecule has 130 valence electrons. The third-order valence-corrected chi connectivity index (χ3v) is 4.31. The van der Waals surface area contributed by atoms with Crippen molar-refractivity contribution in [3.8, 4) is 17.1 Å². The highest BCUT2D eigenvalue weighted by atomic mass is 16.5. The van der Waals surface area contributed by atoms with Crippen molar-refractivity contribution < 1.29 is 4.74 Å². The molecule has 3 rings (SSSR count). The number of H-pyrrole nitrogens is 1. The van der Waals surface area contributed by atoms with Crippen molar-refractivity contribution >= 4 is 0 Å². The molecule has 0 amide bonds. The zero-order chi connectivity index (χ0) is 18.0. The number of aryl methyl sites for hydroxylation is 2. The van der Waals surface area contributed by atoms with Gasteiger partial charge in [0.2, 0.25) is 0 Å². The standard InChI is InChI=1S/C20H24N4O/c1-13-9-10-17(14(2)11-13)19-21-20(23-22-19)18(24(3)4)15-7-6-8-16(12-15)25-5/h6-12,18H,1-5H3,(H,21,22,23). The summed E-state index contributed by atoms with van der Waals surface area (Å²) in [6.07, 6.45) is 0. The van der Waals surface area contributed by atoms with Gasteiger partial charge in [-0.25, -0.2) is 4.98 Å². The Balaban J connectivity index is 2.00. The summed E-state index contributed by atoms with van der Waals surface area (Å²) in [5.41, 5.74) is 4.59. The van der Waals surface area contributed by atoms with E-state index in [0.29, 0.717) is 0 Å². The largest absolute Gasteiger partial charge is 0.497 e. The molecule has 3 aromatic rings. The van der Waals surface area contributed by atoms with E-state index in [1.807, 2.05) is 32.3 Å². The van der Waals surface area contributed by atoms with Crippen LogP contribution < -0.4 is 4.74 Å². The van der Waals surface area contributed by atoms with E-state index < -0.39 is 0 Å². The molecule has 1 heterocycles. The number of nitrogens with one attached hydrogen (secondary N) is 1. The Hall–Kier alpha value is -2.66. The molecule has 5 nitrogen and oxygen atoms in total. The van der Waals surface area contributed by atoms with Crippen molar-refractivity contribution in [3.05, 3.63) is 65.0 Å². The number of nitrogens with zero attached hydrogens (tertiary/aromatic N) is 3. The second kappa shape index (κ2) is 7.07. The number of hydrogen-bond acceptors (Lipinski definition) is 4. The van der Waals surface area contributed by atoms with E-state index in [-0.39, 0.29) is 6.04 Å². The first-order valence-electron chi connectivity index (χ1n) is 8.30. The Morgan fingerprint density at radius 1 is 1.08 bits per heavy atom. The van der Waals surface area contributed by atoms with Gasteiger partial charge in [-0.05, 0) is 51.2 Å². The highest BCUT2D eigenvalue weighted by Crippen LogP contribution is 2.29. The summed E-state index contributed by atoms with van der Waals surface area (Å²) in [5.74, 6) is 2.37. The lowest BCUT2D eigenvalue weighted by Crippen LogP contribution is -2.22. The number of benzene rings is 2. The van der Waals surface area contributed by atoms with Crippen molar-refractivity contribution in [3.63, 3.8) is 0 Å². The zero-order valence-electron chi connectivity index (χ0n) is 15.4. The molecule has 0 radical (unpaired) electrons. The van der Waals surface area contributed by atoms with E-state index in [1.165, 1.54) is 11.1 Å². The van der Waals surface area contributed by atoms with Crippen molar-refractivity contribution in [2.75, 3.05) is 21.2 Å². The van der Waals surface area contributed by atoms with Crippen LogP contribution in [0.1, 0.15) is 28.6 Å². The molecular formula is C20H24N4O. The monoisotopic (exact) mass is 336 g/mol. The Bertz CT molecular complexity index is 870. The maximum atomic E-state index is 5.35. The van der Waals surface area contributed by atoms with E-state index >= 15 is 0 Å². The molecule has 1 aromatic heterocycles. The third kappa shape index (κ3) is 3.56. The Labute approximate surface area is 148 Å². The Morgan fingerprint density at radius 3 is 2.56 bits per heavy atom. The molecule has 2 aromatic carbocycles. The van der Waals surface area contributed by atoms with Crippen LogP contribution in [0.15, 0.2) is 42.5 Å². The first-order chi connectivity index (χ1) is 12.0. The summed E-state index contributed by atoms with van der Waals surface area (Å²) >= 11 is 0. The quantitative estimate of drug-likeness (QED) is 0.771. The van der Waals surface area contributed by atoms with Gasteiger partial charge in [0.25, 0.3) is 0 Å². The van der Waals surface area contributed by atoms with E-state index in [1.54, 1.807) is 7.11 Å². The van der Waals surface area contributed by atoms with Gasteiger partial charge < -0.3 is 4.74 Å². The predicted octanol–water partition coefficient (Wildman–Crippen LogP) is 3.75. The van der Waals surface area contributed by atoms with Gasteiger partial charge in [-0.1, -0.05) is 35.9 Å². The summed E-state index contributed by atoms with van der Waals surface area (Å²) in [6.45, 7) is 4.18. The molecule has 1 atom stereocenters. The molecule has 1 unspecified atom stereocenters. The Kier molecular flexibility index (Phi) is 4.86. The predicted molar refractivity (Wildman–Crippen MR) is 99.8 cm³/mol. The molecular weight excluding hydrogens is 312 g/mol. The number of rotatable bonds is 5. The number of ether oxygens (including phenoxy) is 1. The van der Waals surface area contributed by atoms with Crippen molar-refractivity contribution in [1.29, 1.82) is 0 Å². The van der Waals surface area contributed by atoms with Crippen molar-refractivity contribution in [2.24, 2.45) is 0 Å². The van der Waals surface area contributed by atoms with Crippen LogP contribution in [0.25, 0.3) is 11.4 Å². The normalized spacial score (nSPS) is 12.4. The molecule has 5 heteroatoms.